The summed E-state index contributed by atoms with van der Waals surface area (Å²) in [6.45, 7) is 15.0. The number of benzene rings is 1. The lowest BCUT2D eigenvalue weighted by Gasteiger charge is -2.30. The Morgan fingerprint density at radius 3 is 2.67 bits per heavy atom. The Morgan fingerprint density at radius 2 is 1.98 bits per heavy atom. The van der Waals surface area contributed by atoms with E-state index in [9.17, 15) is 13.6 Å². The number of carbonyl (C=O) groups excluding carboxylic acids is 1. The average molecular weight is 613 g/mol. The third-order valence-corrected chi connectivity index (χ3v) is 12.2. The second kappa shape index (κ2) is 10.9. The first-order chi connectivity index (χ1) is 20.2. The predicted molar refractivity (Wildman–Crippen MR) is 167 cm³/mol. The SMILES string of the molecule is Cc1cc2c(cc1N(C)C(=O)[C@H](C)C1CCOCC1)CC(c1nn(COCC[Si](C)(C)C)c3c1C[C@@H]1C(F)(F)[C@]1(C)C3)=N2. The molecule has 43 heavy (non-hydrogen) atoms. The van der Waals surface area contributed by atoms with Gasteiger partial charge in [0, 0.05) is 82.0 Å². The summed E-state index contributed by atoms with van der Waals surface area (Å²) in [4.78, 5) is 20.3. The molecular weight excluding hydrogens is 566 g/mol. The summed E-state index contributed by atoms with van der Waals surface area (Å²) in [5, 5.41) is 4.96. The van der Waals surface area contributed by atoms with Crippen LogP contribution in [-0.2, 0) is 40.3 Å². The van der Waals surface area contributed by atoms with Crippen molar-refractivity contribution in [3.63, 3.8) is 0 Å². The van der Waals surface area contributed by atoms with Crippen molar-refractivity contribution in [3.05, 3.63) is 40.2 Å². The van der Waals surface area contributed by atoms with Gasteiger partial charge < -0.3 is 14.4 Å². The summed E-state index contributed by atoms with van der Waals surface area (Å²) in [5.74, 6) is -2.97. The Morgan fingerprint density at radius 1 is 1.26 bits per heavy atom. The van der Waals surface area contributed by atoms with Crippen molar-refractivity contribution in [1.29, 1.82) is 0 Å². The van der Waals surface area contributed by atoms with E-state index in [0.717, 1.165) is 64.1 Å². The molecule has 0 unspecified atom stereocenters. The molecule has 7 nitrogen and oxygen atoms in total. The minimum Gasteiger partial charge on any atom is -0.381 e. The van der Waals surface area contributed by atoms with E-state index < -0.39 is 25.3 Å². The molecule has 4 aliphatic rings. The molecule has 6 rings (SSSR count). The van der Waals surface area contributed by atoms with E-state index in [2.05, 4.69) is 25.7 Å². The Bertz CT molecular complexity index is 1460. The molecule has 0 bridgehead atoms. The van der Waals surface area contributed by atoms with Gasteiger partial charge in [-0.3, -0.25) is 9.79 Å². The smallest absolute Gasteiger partial charge is 0.258 e. The van der Waals surface area contributed by atoms with Gasteiger partial charge in [0.15, 0.2) is 0 Å². The zero-order chi connectivity index (χ0) is 30.9. The minimum atomic E-state index is -2.67. The molecule has 1 aromatic heterocycles. The summed E-state index contributed by atoms with van der Waals surface area (Å²) < 4.78 is 43.2. The number of aliphatic imine (C=N–C) groups is 1. The van der Waals surface area contributed by atoms with Crippen LogP contribution in [0.2, 0.25) is 25.7 Å². The molecule has 2 aliphatic heterocycles. The number of amides is 1. The third kappa shape index (κ3) is 5.41. The van der Waals surface area contributed by atoms with Crippen molar-refractivity contribution in [2.45, 2.75) is 91.2 Å². The fourth-order valence-electron chi connectivity index (χ4n) is 7.31. The number of fused-ring (bicyclic) bond motifs is 3. The van der Waals surface area contributed by atoms with Gasteiger partial charge in [-0.05, 0) is 61.4 Å². The second-order valence-electron chi connectivity index (χ2n) is 14.7. The molecule has 2 fully saturated rings. The van der Waals surface area contributed by atoms with Gasteiger partial charge in [-0.1, -0.05) is 33.5 Å². The van der Waals surface area contributed by atoms with E-state index in [1.807, 2.05) is 31.6 Å². The Hall–Kier alpha value is -2.43. The van der Waals surface area contributed by atoms with E-state index in [-0.39, 0.29) is 18.6 Å². The predicted octanol–water partition coefficient (Wildman–Crippen LogP) is 6.58. The molecule has 1 saturated carbocycles. The number of aryl methyl sites for hydroxylation is 1. The first-order valence-corrected chi connectivity index (χ1v) is 19.5. The first-order valence-electron chi connectivity index (χ1n) is 15.8. The second-order valence-corrected chi connectivity index (χ2v) is 20.4. The van der Waals surface area contributed by atoms with Gasteiger partial charge in [-0.25, -0.2) is 13.5 Å². The number of anilines is 1. The molecular formula is C33H46F2N4O3Si. The van der Waals surface area contributed by atoms with Crippen molar-refractivity contribution in [1.82, 2.24) is 9.78 Å². The Balaban J connectivity index is 1.24. The molecule has 2 aromatic rings. The lowest BCUT2D eigenvalue weighted by molar-refractivity contribution is -0.124. The number of hydrogen-bond donors (Lipinski definition) is 0. The van der Waals surface area contributed by atoms with Crippen LogP contribution in [0.1, 0.15) is 54.8 Å². The van der Waals surface area contributed by atoms with E-state index in [1.54, 1.807) is 11.8 Å². The highest BCUT2D eigenvalue weighted by molar-refractivity contribution is 6.76. The van der Waals surface area contributed by atoms with Crippen LogP contribution in [0.4, 0.5) is 20.2 Å². The molecule has 234 valence electrons. The topological polar surface area (TPSA) is 69.0 Å². The normalized spacial score (nSPS) is 25.0. The highest BCUT2D eigenvalue weighted by Gasteiger charge is 2.78. The lowest BCUT2D eigenvalue weighted by Crippen LogP contribution is -2.37. The maximum absolute atomic E-state index is 14.9. The van der Waals surface area contributed by atoms with Gasteiger partial charge in [0.05, 0.1) is 11.4 Å². The first kappa shape index (κ1) is 30.6. The highest BCUT2D eigenvalue weighted by Crippen LogP contribution is 2.70. The zero-order valence-electron chi connectivity index (χ0n) is 26.7. The summed E-state index contributed by atoms with van der Waals surface area (Å²) in [6, 6.07) is 5.15. The average Bonchev–Trinajstić information content (AvgIpc) is 3.29. The Kier molecular flexibility index (Phi) is 7.74. The number of aromatic nitrogens is 2. The quantitative estimate of drug-likeness (QED) is 0.237. The monoisotopic (exact) mass is 612 g/mol. The minimum absolute atomic E-state index is 0.0805. The lowest BCUT2D eigenvalue weighted by atomic mass is 9.86. The van der Waals surface area contributed by atoms with Crippen LogP contribution < -0.4 is 4.90 Å². The highest BCUT2D eigenvalue weighted by atomic mass is 28.3. The number of nitrogens with zero attached hydrogens (tertiary/aromatic N) is 4. The molecule has 3 atom stereocenters. The Labute approximate surface area is 255 Å². The number of ether oxygens (including phenoxy) is 2. The summed E-state index contributed by atoms with van der Waals surface area (Å²) >= 11 is 0. The van der Waals surface area contributed by atoms with Crippen LogP contribution in [0, 0.1) is 30.1 Å². The van der Waals surface area contributed by atoms with Crippen molar-refractivity contribution in [2.75, 3.05) is 31.8 Å². The van der Waals surface area contributed by atoms with E-state index >= 15 is 0 Å². The van der Waals surface area contributed by atoms with Crippen molar-refractivity contribution in [2.24, 2.45) is 28.2 Å². The molecule has 1 amide bonds. The van der Waals surface area contributed by atoms with Gasteiger partial charge in [-0.15, -0.1) is 0 Å². The summed E-state index contributed by atoms with van der Waals surface area (Å²) in [6.07, 6.45) is 2.98. The van der Waals surface area contributed by atoms with Crippen LogP contribution in [0.15, 0.2) is 17.1 Å². The van der Waals surface area contributed by atoms with Crippen LogP contribution in [0.5, 0.6) is 0 Å². The maximum Gasteiger partial charge on any atom is 0.258 e. The van der Waals surface area contributed by atoms with E-state index in [4.69, 9.17) is 19.6 Å². The van der Waals surface area contributed by atoms with Gasteiger partial charge in [0.25, 0.3) is 5.92 Å². The molecule has 0 radical (unpaired) electrons. The van der Waals surface area contributed by atoms with Crippen LogP contribution in [0.3, 0.4) is 0 Å². The number of carbonyl (C=O) groups is 1. The summed E-state index contributed by atoms with van der Waals surface area (Å²) in [5.41, 5.74) is 6.03. The van der Waals surface area contributed by atoms with Gasteiger partial charge >= 0.3 is 0 Å². The number of hydrogen-bond acceptors (Lipinski definition) is 5. The van der Waals surface area contributed by atoms with Crippen molar-refractivity contribution < 1.29 is 23.0 Å². The molecule has 1 saturated heterocycles. The van der Waals surface area contributed by atoms with Gasteiger partial charge in [0.2, 0.25) is 5.91 Å². The van der Waals surface area contributed by atoms with Crippen molar-refractivity contribution >= 4 is 31.1 Å². The largest absolute Gasteiger partial charge is 0.381 e. The van der Waals surface area contributed by atoms with E-state index in [1.165, 1.54) is 0 Å². The van der Waals surface area contributed by atoms with E-state index in [0.29, 0.717) is 45.0 Å². The fraction of sp³-hybridized carbons (Fsp3) is 0.667. The fourth-order valence-corrected chi connectivity index (χ4v) is 8.07. The number of rotatable bonds is 9. The zero-order valence-corrected chi connectivity index (χ0v) is 27.7. The third-order valence-electron chi connectivity index (χ3n) is 10.5. The van der Waals surface area contributed by atoms with Crippen LogP contribution in [-0.4, -0.2) is 62.3 Å². The van der Waals surface area contributed by atoms with Gasteiger partial charge in [0.1, 0.15) is 12.4 Å². The van der Waals surface area contributed by atoms with Crippen LogP contribution in [0.25, 0.3) is 0 Å². The molecule has 1 aromatic carbocycles. The molecule has 2 aliphatic carbocycles. The van der Waals surface area contributed by atoms with Gasteiger partial charge in [-0.2, -0.15) is 5.10 Å². The molecule has 0 N–H and O–H groups in total. The molecule has 0 spiro atoms. The maximum atomic E-state index is 14.9. The van der Waals surface area contributed by atoms with Crippen LogP contribution >= 0.6 is 0 Å². The van der Waals surface area contributed by atoms with Crippen molar-refractivity contribution in [3.8, 4) is 0 Å². The number of halogens is 2. The summed E-state index contributed by atoms with van der Waals surface area (Å²) in [7, 11) is 0.603. The number of alkyl halides is 2. The molecule has 10 heteroatoms. The standard InChI is InChI=1S/C33H46F2N4O3Si/c1-20-14-25-23(16-27(20)38(4)31(40)21(2)22-8-10-41-11-9-22)15-26(36-25)30-24-17-29-32(3,33(29,34)35)18-28(24)39(37-30)19-42-12-13-43(5,6)7/h14,16,21-22,29H,8-13,15,17-19H2,1-7H3/t21-,29+,32-/m1/s1. The molecule has 3 heterocycles.